The summed E-state index contributed by atoms with van der Waals surface area (Å²) >= 11 is 6.93. The number of carbonyl (C=O) groups is 1. The molecule has 1 aromatic rings. The lowest BCUT2D eigenvalue weighted by Crippen LogP contribution is -2.17. The Morgan fingerprint density at radius 2 is 1.86 bits per heavy atom. The van der Waals surface area contributed by atoms with Gasteiger partial charge in [-0.25, -0.2) is 0 Å². The zero-order chi connectivity index (χ0) is 10.6. The van der Waals surface area contributed by atoms with Crippen molar-refractivity contribution in [2.24, 2.45) is 0 Å². The molecule has 76 valence electrons. The number of ketones is 1. The van der Waals surface area contributed by atoms with Crippen LogP contribution in [-0.4, -0.2) is 10.6 Å². The highest BCUT2D eigenvalue weighted by Gasteiger charge is 2.22. The third-order valence-electron chi connectivity index (χ3n) is 2.03. The van der Waals surface area contributed by atoms with Crippen molar-refractivity contribution in [3.8, 4) is 0 Å². The SMILES string of the molecule is CCC(=O)[C@@H](Br)[C@@H](Br)c1ccccc1. The molecule has 0 N–H and O–H groups in total. The summed E-state index contributed by atoms with van der Waals surface area (Å²) in [4.78, 5) is 11.4. The average molecular weight is 320 g/mol. The summed E-state index contributed by atoms with van der Waals surface area (Å²) in [6, 6.07) is 9.93. The molecule has 0 unspecified atom stereocenters. The monoisotopic (exact) mass is 318 g/mol. The van der Waals surface area contributed by atoms with E-state index in [0.29, 0.717) is 6.42 Å². The minimum atomic E-state index is -0.144. The van der Waals surface area contributed by atoms with E-state index in [2.05, 4.69) is 31.9 Å². The van der Waals surface area contributed by atoms with Gasteiger partial charge in [-0.05, 0) is 5.56 Å². The average Bonchev–Trinajstić information content (AvgIpc) is 2.27. The van der Waals surface area contributed by atoms with Gasteiger partial charge in [0.05, 0.1) is 9.65 Å². The molecule has 1 rings (SSSR count). The molecule has 0 bridgehead atoms. The number of halogens is 2. The first-order valence-corrected chi connectivity index (χ1v) is 6.35. The van der Waals surface area contributed by atoms with Gasteiger partial charge in [-0.3, -0.25) is 4.79 Å². The van der Waals surface area contributed by atoms with Gasteiger partial charge < -0.3 is 0 Å². The lowest BCUT2D eigenvalue weighted by Gasteiger charge is -2.15. The summed E-state index contributed by atoms with van der Waals surface area (Å²) in [6.45, 7) is 1.88. The molecule has 2 atom stereocenters. The van der Waals surface area contributed by atoms with E-state index in [-0.39, 0.29) is 15.4 Å². The number of carbonyl (C=O) groups excluding carboxylic acids is 1. The fraction of sp³-hybridized carbons (Fsp3) is 0.364. The normalized spacial score (nSPS) is 14.8. The Hall–Kier alpha value is -0.150. The predicted octanol–water partition coefficient (Wildman–Crippen LogP) is 3.87. The number of alkyl halides is 2. The Kier molecular flexibility index (Phi) is 4.82. The van der Waals surface area contributed by atoms with Crippen molar-refractivity contribution in [3.63, 3.8) is 0 Å². The van der Waals surface area contributed by atoms with Crippen molar-refractivity contribution < 1.29 is 4.79 Å². The van der Waals surface area contributed by atoms with Crippen molar-refractivity contribution in [3.05, 3.63) is 35.9 Å². The van der Waals surface area contributed by atoms with Crippen LogP contribution in [0.5, 0.6) is 0 Å². The number of hydrogen-bond donors (Lipinski definition) is 0. The summed E-state index contributed by atoms with van der Waals surface area (Å²) in [5, 5.41) is 0. The Morgan fingerprint density at radius 1 is 1.29 bits per heavy atom. The number of Topliss-reactive ketones (excluding diaryl/α,β-unsaturated/α-hetero) is 1. The van der Waals surface area contributed by atoms with Crippen molar-refractivity contribution in [2.45, 2.75) is 23.0 Å². The number of rotatable bonds is 4. The Balaban J connectivity index is 2.75. The van der Waals surface area contributed by atoms with E-state index in [0.717, 1.165) is 5.56 Å². The molecular weight excluding hydrogens is 308 g/mol. The van der Waals surface area contributed by atoms with E-state index in [1.54, 1.807) is 0 Å². The third kappa shape index (κ3) is 2.92. The standard InChI is InChI=1S/C11H12Br2O/c1-2-9(14)11(13)10(12)8-6-4-3-5-7-8/h3-7,10-11H,2H2,1H3/t10-,11+/m0/s1. The minimum Gasteiger partial charge on any atom is -0.298 e. The molecule has 0 aliphatic rings. The summed E-state index contributed by atoms with van der Waals surface area (Å²) in [5.41, 5.74) is 1.12. The second-order valence-corrected chi connectivity index (χ2v) is 5.01. The van der Waals surface area contributed by atoms with Crippen molar-refractivity contribution in [1.29, 1.82) is 0 Å². The first-order chi connectivity index (χ1) is 6.66. The molecule has 0 heterocycles. The van der Waals surface area contributed by atoms with Crippen molar-refractivity contribution in [2.75, 3.05) is 0 Å². The summed E-state index contributed by atoms with van der Waals surface area (Å²) < 4.78 is 0. The fourth-order valence-corrected chi connectivity index (χ4v) is 2.39. The van der Waals surface area contributed by atoms with Gasteiger partial charge in [-0.15, -0.1) is 0 Å². The second-order valence-electron chi connectivity index (χ2n) is 3.03. The predicted molar refractivity (Wildman–Crippen MR) is 66.1 cm³/mol. The maximum absolute atomic E-state index is 11.4. The van der Waals surface area contributed by atoms with E-state index in [1.807, 2.05) is 37.3 Å². The Morgan fingerprint density at radius 3 is 2.36 bits per heavy atom. The van der Waals surface area contributed by atoms with Crippen LogP contribution >= 0.6 is 31.9 Å². The summed E-state index contributed by atoms with van der Waals surface area (Å²) in [5.74, 6) is 0.218. The molecule has 0 spiro atoms. The largest absolute Gasteiger partial charge is 0.298 e. The van der Waals surface area contributed by atoms with E-state index in [4.69, 9.17) is 0 Å². The quantitative estimate of drug-likeness (QED) is 0.770. The zero-order valence-electron chi connectivity index (χ0n) is 7.91. The molecular formula is C11H12Br2O. The highest BCUT2D eigenvalue weighted by molar-refractivity contribution is 9.12. The van der Waals surface area contributed by atoms with E-state index in [9.17, 15) is 4.79 Å². The van der Waals surface area contributed by atoms with Gasteiger partial charge in [0.1, 0.15) is 5.78 Å². The van der Waals surface area contributed by atoms with Crippen molar-refractivity contribution >= 4 is 37.6 Å². The van der Waals surface area contributed by atoms with Gasteiger partial charge in [0.15, 0.2) is 0 Å². The highest BCUT2D eigenvalue weighted by Crippen LogP contribution is 2.31. The lowest BCUT2D eigenvalue weighted by atomic mass is 10.1. The topological polar surface area (TPSA) is 17.1 Å². The fourth-order valence-electron chi connectivity index (χ4n) is 1.16. The second kappa shape index (κ2) is 5.66. The Bertz CT molecular complexity index is 297. The number of hydrogen-bond acceptors (Lipinski definition) is 1. The molecule has 1 nitrogen and oxygen atoms in total. The van der Waals surface area contributed by atoms with Gasteiger partial charge in [-0.1, -0.05) is 69.1 Å². The summed E-state index contributed by atoms with van der Waals surface area (Å²) in [7, 11) is 0. The van der Waals surface area contributed by atoms with Gasteiger partial charge in [0.25, 0.3) is 0 Å². The summed E-state index contributed by atoms with van der Waals surface area (Å²) in [6.07, 6.45) is 0.560. The van der Waals surface area contributed by atoms with Crippen LogP contribution in [0, 0.1) is 0 Å². The zero-order valence-corrected chi connectivity index (χ0v) is 11.1. The molecule has 0 aliphatic heterocycles. The van der Waals surface area contributed by atoms with Crippen LogP contribution in [0.25, 0.3) is 0 Å². The highest BCUT2D eigenvalue weighted by atomic mass is 79.9. The van der Waals surface area contributed by atoms with Gasteiger partial charge >= 0.3 is 0 Å². The smallest absolute Gasteiger partial charge is 0.147 e. The maximum atomic E-state index is 11.4. The van der Waals surface area contributed by atoms with Crippen LogP contribution in [0.15, 0.2) is 30.3 Å². The molecule has 0 saturated carbocycles. The maximum Gasteiger partial charge on any atom is 0.147 e. The lowest BCUT2D eigenvalue weighted by molar-refractivity contribution is -0.118. The van der Waals surface area contributed by atoms with Crippen LogP contribution in [0.2, 0.25) is 0 Å². The van der Waals surface area contributed by atoms with Crippen LogP contribution in [0.1, 0.15) is 23.7 Å². The van der Waals surface area contributed by atoms with Gasteiger partial charge in [-0.2, -0.15) is 0 Å². The third-order valence-corrected chi connectivity index (χ3v) is 4.84. The molecule has 0 aromatic heterocycles. The molecule has 0 saturated heterocycles. The van der Waals surface area contributed by atoms with E-state index in [1.165, 1.54) is 0 Å². The molecule has 0 aliphatic carbocycles. The van der Waals surface area contributed by atoms with Crippen LogP contribution in [-0.2, 0) is 4.79 Å². The minimum absolute atomic E-state index is 0.0520. The molecule has 0 amide bonds. The first kappa shape index (κ1) is 11.9. The van der Waals surface area contributed by atoms with Crippen LogP contribution < -0.4 is 0 Å². The van der Waals surface area contributed by atoms with Crippen LogP contribution in [0.4, 0.5) is 0 Å². The van der Waals surface area contributed by atoms with E-state index < -0.39 is 0 Å². The molecule has 0 fully saturated rings. The van der Waals surface area contributed by atoms with Gasteiger partial charge in [0, 0.05) is 6.42 Å². The molecule has 3 heteroatoms. The number of benzene rings is 1. The molecule has 0 radical (unpaired) electrons. The van der Waals surface area contributed by atoms with E-state index >= 15 is 0 Å². The van der Waals surface area contributed by atoms with Crippen LogP contribution in [0.3, 0.4) is 0 Å². The Labute approximate surface area is 101 Å². The van der Waals surface area contributed by atoms with Gasteiger partial charge in [0.2, 0.25) is 0 Å². The molecule has 1 aromatic carbocycles. The van der Waals surface area contributed by atoms with Crippen molar-refractivity contribution in [1.82, 2.24) is 0 Å². The first-order valence-electron chi connectivity index (χ1n) is 4.52. The molecule has 14 heavy (non-hydrogen) atoms.